The van der Waals surface area contributed by atoms with Crippen molar-refractivity contribution in [2.45, 2.75) is 97.8 Å². The van der Waals surface area contributed by atoms with Crippen molar-refractivity contribution in [3.63, 3.8) is 0 Å². The number of aromatic hydroxyl groups is 1. The van der Waals surface area contributed by atoms with E-state index in [4.69, 9.17) is 14.4 Å². The van der Waals surface area contributed by atoms with Gasteiger partial charge in [-0.25, -0.2) is 4.98 Å². The molecule has 0 aliphatic rings. The Hall–Kier alpha value is -6.55. The van der Waals surface area contributed by atoms with Crippen molar-refractivity contribution < 1.29 is 30.6 Å². The molecule has 0 saturated heterocycles. The van der Waals surface area contributed by atoms with Gasteiger partial charge in [-0.2, -0.15) is 0 Å². The zero-order valence-electron chi connectivity index (χ0n) is 41.5. The van der Waals surface area contributed by atoms with Gasteiger partial charge in [0, 0.05) is 60.3 Å². The van der Waals surface area contributed by atoms with Gasteiger partial charge < -0.3 is 9.52 Å². The number of phenolic OH excluding ortho intramolecular Hbond substituents is 1. The topological polar surface area (TPSA) is 64.1 Å². The zero-order valence-corrected chi connectivity index (χ0v) is 43.8. The third kappa shape index (κ3) is 8.54. The number of rotatable bonds is 7. The maximum Gasteiger partial charge on any atom is 0.148 e. The van der Waals surface area contributed by atoms with Crippen molar-refractivity contribution in [2.75, 3.05) is 0 Å². The van der Waals surface area contributed by atoms with Crippen LogP contribution in [0.5, 0.6) is 5.75 Å². The van der Waals surface area contributed by atoms with Gasteiger partial charge in [-0.15, -0.1) is 29.3 Å². The Balaban J connectivity index is 0.00000593. The fourth-order valence-electron chi connectivity index (χ4n) is 9.70. The molecule has 0 spiro atoms. The Bertz CT molecular complexity index is 3540. The van der Waals surface area contributed by atoms with Crippen molar-refractivity contribution >= 4 is 33.0 Å². The van der Waals surface area contributed by atoms with Crippen molar-refractivity contribution in [3.05, 3.63) is 192 Å². The Morgan fingerprint density at radius 2 is 1.19 bits per heavy atom. The van der Waals surface area contributed by atoms with Crippen LogP contribution in [0.4, 0.5) is 0 Å². The fourth-order valence-corrected chi connectivity index (χ4v) is 9.70. The van der Waals surface area contributed by atoms with E-state index in [0.717, 1.165) is 88.9 Å². The normalized spacial score (nSPS) is 12.5. The second-order valence-corrected chi connectivity index (χ2v) is 22.0. The predicted octanol–water partition coefficient (Wildman–Crippen LogP) is 16.7. The zero-order chi connectivity index (χ0) is 47.9. The number of nitrogens with zero attached hydrogens (tertiary/aromatic N) is 3. The third-order valence-electron chi connectivity index (χ3n) is 13.8. The first-order valence-electron chi connectivity index (χ1n) is 23.8. The molecule has 0 aliphatic heterocycles. The standard InChI is InChI=1S/C63H60N3O2.Pt/c1-60(2,3)43-29-30-51(48(36-43)39-21-14-12-15-22-39)66-52-27-20-26-46(57(52)65-59(66)49-37-44(61(4,5)6)38-50(58(49)67)62(7,8)9)40-33-41(35-45(34-40)63(10,11)42-23-16-13-17-24-42)56-55-47-25-18-19-28-53(47)68-54(55)31-32-64-56;/h12-32,34-38,67H,1-11H3;/q-1;. The molecule has 10 rings (SSSR count). The minimum absolute atomic E-state index is 0. The van der Waals surface area contributed by atoms with Gasteiger partial charge in [-0.3, -0.25) is 9.55 Å². The van der Waals surface area contributed by atoms with Crippen LogP contribution in [-0.4, -0.2) is 19.6 Å². The maximum absolute atomic E-state index is 12.7. The van der Waals surface area contributed by atoms with E-state index >= 15 is 0 Å². The minimum atomic E-state index is -0.396. The first-order valence-corrected chi connectivity index (χ1v) is 23.8. The van der Waals surface area contributed by atoms with E-state index < -0.39 is 5.41 Å². The first-order chi connectivity index (χ1) is 32.3. The van der Waals surface area contributed by atoms with E-state index in [1.807, 2.05) is 30.5 Å². The number of hydrogen-bond donors (Lipinski definition) is 1. The Labute approximate surface area is 421 Å². The molecule has 350 valence electrons. The van der Waals surface area contributed by atoms with Gasteiger partial charge in [0.25, 0.3) is 0 Å². The average molecular weight is 1090 g/mol. The average Bonchev–Trinajstić information content (AvgIpc) is 3.90. The van der Waals surface area contributed by atoms with Crippen LogP contribution in [0.2, 0.25) is 0 Å². The summed E-state index contributed by atoms with van der Waals surface area (Å²) in [5, 5.41) is 14.6. The van der Waals surface area contributed by atoms with Gasteiger partial charge in [0.1, 0.15) is 22.7 Å². The van der Waals surface area contributed by atoms with Crippen LogP contribution in [0, 0.1) is 6.07 Å². The quantitative estimate of drug-likeness (QED) is 0.162. The van der Waals surface area contributed by atoms with Crippen molar-refractivity contribution in [1.29, 1.82) is 0 Å². The Morgan fingerprint density at radius 3 is 1.88 bits per heavy atom. The fraction of sp³-hybridized carbons (Fsp3) is 0.238. The number of furan rings is 1. The number of aromatic nitrogens is 3. The van der Waals surface area contributed by atoms with Crippen LogP contribution in [0.3, 0.4) is 0 Å². The SMILES string of the molecule is CC(C)(C)c1ccc(-n2c(-c3cc(C(C)(C)C)cc(C(C)(C)C)c3O)nc3c(-c4[c-]c(-c5nccc6oc7ccccc7c56)cc(C(C)(C)c5ccccc5)c4)cccc32)c(-c2ccccc2)c1.[Pt]. The summed E-state index contributed by atoms with van der Waals surface area (Å²) < 4.78 is 8.68. The summed E-state index contributed by atoms with van der Waals surface area (Å²) in [6.07, 6.45) is 1.83. The molecule has 0 bridgehead atoms. The second-order valence-electron chi connectivity index (χ2n) is 22.0. The molecule has 0 fully saturated rings. The number of imidazole rings is 1. The molecule has 1 N–H and O–H groups in total. The Morgan fingerprint density at radius 1 is 0.536 bits per heavy atom. The van der Waals surface area contributed by atoms with Gasteiger partial charge in [-0.1, -0.05) is 190 Å². The summed E-state index contributed by atoms with van der Waals surface area (Å²) in [7, 11) is 0. The number of benzene rings is 7. The van der Waals surface area contributed by atoms with Crippen molar-refractivity contribution in [3.8, 4) is 56.3 Å². The predicted molar refractivity (Wildman–Crippen MR) is 283 cm³/mol. The molecule has 0 saturated carbocycles. The van der Waals surface area contributed by atoms with E-state index in [9.17, 15) is 5.11 Å². The summed E-state index contributed by atoms with van der Waals surface area (Å²) in [5.74, 6) is 0.905. The molecule has 69 heavy (non-hydrogen) atoms. The molecule has 10 aromatic rings. The number of para-hydroxylation sites is 2. The van der Waals surface area contributed by atoms with Gasteiger partial charge in [-0.05, 0) is 74.9 Å². The molecular formula is C63H60N3O2Pt-. The van der Waals surface area contributed by atoms with Gasteiger partial charge in [0.2, 0.25) is 0 Å². The molecule has 6 heteroatoms. The number of phenols is 1. The van der Waals surface area contributed by atoms with Gasteiger partial charge in [0.05, 0.1) is 22.3 Å². The molecule has 3 heterocycles. The van der Waals surface area contributed by atoms with Crippen LogP contribution in [0.25, 0.3) is 83.6 Å². The van der Waals surface area contributed by atoms with Crippen LogP contribution in [0.1, 0.15) is 104 Å². The summed E-state index contributed by atoms with van der Waals surface area (Å²) in [6, 6.07) is 57.5. The second kappa shape index (κ2) is 17.4. The van der Waals surface area contributed by atoms with E-state index in [-0.39, 0.29) is 43.1 Å². The van der Waals surface area contributed by atoms with Crippen LogP contribution in [0.15, 0.2) is 162 Å². The van der Waals surface area contributed by atoms with Crippen molar-refractivity contribution in [1.82, 2.24) is 14.5 Å². The molecule has 7 aromatic carbocycles. The minimum Gasteiger partial charge on any atom is -0.507 e. The third-order valence-corrected chi connectivity index (χ3v) is 13.8. The van der Waals surface area contributed by atoms with Crippen LogP contribution >= 0.6 is 0 Å². The maximum atomic E-state index is 12.7. The van der Waals surface area contributed by atoms with Crippen molar-refractivity contribution in [2.24, 2.45) is 0 Å². The summed E-state index contributed by atoms with van der Waals surface area (Å²) in [6.45, 7) is 24.5. The first kappa shape index (κ1) is 47.5. The molecule has 0 aliphatic carbocycles. The largest absolute Gasteiger partial charge is 0.507 e. The molecule has 0 amide bonds. The smallest absolute Gasteiger partial charge is 0.148 e. The molecule has 0 unspecified atom stereocenters. The molecule has 5 nitrogen and oxygen atoms in total. The molecule has 3 aromatic heterocycles. The van der Waals surface area contributed by atoms with E-state index in [1.165, 1.54) is 11.1 Å². The number of pyridine rings is 1. The molecular weight excluding hydrogens is 1030 g/mol. The summed E-state index contributed by atoms with van der Waals surface area (Å²) in [4.78, 5) is 10.8. The van der Waals surface area contributed by atoms with Crippen LogP contribution < -0.4 is 0 Å². The van der Waals surface area contributed by atoms with Crippen LogP contribution in [-0.2, 0) is 42.7 Å². The van der Waals surface area contributed by atoms with Gasteiger partial charge in [0.15, 0.2) is 0 Å². The van der Waals surface area contributed by atoms with E-state index in [0.29, 0.717) is 11.4 Å². The number of fused-ring (bicyclic) bond motifs is 4. The van der Waals surface area contributed by atoms with Gasteiger partial charge >= 0.3 is 0 Å². The summed E-state index contributed by atoms with van der Waals surface area (Å²) >= 11 is 0. The summed E-state index contributed by atoms with van der Waals surface area (Å²) in [5.41, 5.74) is 15.2. The number of hydrogen-bond acceptors (Lipinski definition) is 4. The Kier molecular flexibility index (Phi) is 12.0. The molecule has 0 atom stereocenters. The monoisotopic (exact) mass is 1090 g/mol. The van der Waals surface area contributed by atoms with E-state index in [1.54, 1.807) is 0 Å². The molecule has 0 radical (unpaired) electrons. The van der Waals surface area contributed by atoms with E-state index in [2.05, 4.69) is 214 Å².